The van der Waals surface area contributed by atoms with Crippen molar-refractivity contribution >= 4 is 17.6 Å². The summed E-state index contributed by atoms with van der Waals surface area (Å²) in [6.07, 6.45) is 2.73. The smallest absolute Gasteiger partial charge is 0.272 e. The second-order valence-corrected chi connectivity index (χ2v) is 8.55. The highest BCUT2D eigenvalue weighted by atomic mass is 16.5. The first kappa shape index (κ1) is 21.1. The molecule has 1 atom stereocenters. The molecule has 0 spiro atoms. The van der Waals surface area contributed by atoms with Gasteiger partial charge in [-0.15, -0.1) is 0 Å². The molecule has 0 bridgehead atoms. The Hall–Kier alpha value is -3.75. The monoisotopic (exact) mass is 446 g/mol. The third-order valence-electron chi connectivity index (χ3n) is 6.47. The highest BCUT2D eigenvalue weighted by molar-refractivity contribution is 6.00. The van der Waals surface area contributed by atoms with Gasteiger partial charge < -0.3 is 9.64 Å². The maximum absolute atomic E-state index is 12.9. The standard InChI is InChI=1S/C24H26N6O3/c1-15-19-12-21(31)30(13-16-4-6-18(33-3)7-5-16)23(19)27-22(26-15)17-9-11-29(14-17)24(32)20-8-10-25-28(20)2/h4-8,10,17H,9,11-14H2,1-3H3/t17-/m0/s1. The van der Waals surface area contributed by atoms with Gasteiger partial charge in [0.2, 0.25) is 5.91 Å². The van der Waals surface area contributed by atoms with Gasteiger partial charge in [-0.2, -0.15) is 5.10 Å². The number of rotatable bonds is 5. The lowest BCUT2D eigenvalue weighted by atomic mass is 10.1. The van der Waals surface area contributed by atoms with Crippen molar-refractivity contribution in [3.63, 3.8) is 0 Å². The number of carbonyl (C=O) groups excluding carboxylic acids is 2. The molecule has 0 radical (unpaired) electrons. The number of hydrogen-bond acceptors (Lipinski definition) is 6. The van der Waals surface area contributed by atoms with Gasteiger partial charge in [-0.25, -0.2) is 9.97 Å². The molecule has 1 saturated heterocycles. The van der Waals surface area contributed by atoms with Gasteiger partial charge >= 0.3 is 0 Å². The fraction of sp³-hybridized carbons (Fsp3) is 0.375. The van der Waals surface area contributed by atoms with E-state index in [1.165, 1.54) is 0 Å². The van der Waals surface area contributed by atoms with Crippen molar-refractivity contribution in [2.45, 2.75) is 32.2 Å². The summed E-state index contributed by atoms with van der Waals surface area (Å²) in [6, 6.07) is 9.42. The summed E-state index contributed by atoms with van der Waals surface area (Å²) in [5.41, 5.74) is 3.29. The maximum atomic E-state index is 12.9. The lowest BCUT2D eigenvalue weighted by molar-refractivity contribution is -0.117. The molecule has 2 aliphatic rings. The van der Waals surface area contributed by atoms with E-state index in [1.807, 2.05) is 36.1 Å². The third kappa shape index (κ3) is 3.83. The zero-order valence-electron chi connectivity index (χ0n) is 19.0. The van der Waals surface area contributed by atoms with Gasteiger partial charge in [0.1, 0.15) is 23.1 Å². The van der Waals surface area contributed by atoms with Crippen LogP contribution in [0, 0.1) is 6.92 Å². The molecule has 4 heterocycles. The number of aromatic nitrogens is 4. The topological polar surface area (TPSA) is 93.5 Å². The molecule has 9 nitrogen and oxygen atoms in total. The van der Waals surface area contributed by atoms with Gasteiger partial charge in [0.15, 0.2) is 0 Å². The fourth-order valence-corrected chi connectivity index (χ4v) is 4.56. The quantitative estimate of drug-likeness (QED) is 0.597. The number of amides is 2. The number of benzene rings is 1. The van der Waals surface area contributed by atoms with Crippen LogP contribution >= 0.6 is 0 Å². The summed E-state index contributed by atoms with van der Waals surface area (Å²) >= 11 is 0. The molecule has 170 valence electrons. The van der Waals surface area contributed by atoms with Crippen LogP contribution in [-0.2, 0) is 24.8 Å². The van der Waals surface area contributed by atoms with E-state index in [1.54, 1.807) is 36.0 Å². The van der Waals surface area contributed by atoms with Crippen LogP contribution in [0.3, 0.4) is 0 Å². The van der Waals surface area contributed by atoms with E-state index in [2.05, 4.69) is 5.10 Å². The number of nitrogens with zero attached hydrogens (tertiary/aromatic N) is 6. The van der Waals surface area contributed by atoms with Crippen molar-refractivity contribution in [1.29, 1.82) is 0 Å². The first-order valence-corrected chi connectivity index (χ1v) is 11.0. The molecule has 5 rings (SSSR count). The lowest BCUT2D eigenvalue weighted by Crippen LogP contribution is -2.30. The van der Waals surface area contributed by atoms with Crippen LogP contribution in [0.25, 0.3) is 0 Å². The molecule has 2 aromatic heterocycles. The molecular weight excluding hydrogens is 420 g/mol. The molecule has 2 aliphatic heterocycles. The highest BCUT2D eigenvalue weighted by Gasteiger charge is 2.35. The average Bonchev–Trinajstić information content (AvgIpc) is 3.54. The van der Waals surface area contributed by atoms with E-state index in [0.717, 1.165) is 29.0 Å². The molecule has 1 fully saturated rings. The number of anilines is 1. The second kappa shape index (κ2) is 8.31. The molecule has 9 heteroatoms. The Kier molecular flexibility index (Phi) is 5.32. The van der Waals surface area contributed by atoms with Gasteiger partial charge in [-0.05, 0) is 37.1 Å². The van der Waals surface area contributed by atoms with Crippen molar-refractivity contribution in [3.05, 3.63) is 64.9 Å². The van der Waals surface area contributed by atoms with E-state index in [9.17, 15) is 9.59 Å². The molecule has 0 unspecified atom stereocenters. The summed E-state index contributed by atoms with van der Waals surface area (Å²) in [6.45, 7) is 3.57. The zero-order valence-corrected chi connectivity index (χ0v) is 19.0. The summed E-state index contributed by atoms with van der Waals surface area (Å²) in [5, 5.41) is 4.10. The Bertz CT molecular complexity index is 1220. The second-order valence-electron chi connectivity index (χ2n) is 8.55. The van der Waals surface area contributed by atoms with Crippen molar-refractivity contribution in [2.75, 3.05) is 25.1 Å². The van der Waals surface area contributed by atoms with E-state index in [0.29, 0.717) is 43.4 Å². The molecule has 2 amide bonds. The number of ether oxygens (including phenoxy) is 1. The molecule has 1 aromatic carbocycles. The fourth-order valence-electron chi connectivity index (χ4n) is 4.56. The third-order valence-corrected chi connectivity index (χ3v) is 6.47. The van der Waals surface area contributed by atoms with Crippen molar-refractivity contribution in [2.24, 2.45) is 7.05 Å². The van der Waals surface area contributed by atoms with Gasteiger partial charge in [-0.1, -0.05) is 12.1 Å². The lowest BCUT2D eigenvalue weighted by Gasteiger charge is -2.19. The van der Waals surface area contributed by atoms with Gasteiger partial charge in [0.25, 0.3) is 5.91 Å². The summed E-state index contributed by atoms with van der Waals surface area (Å²) in [7, 11) is 3.40. The molecule has 3 aromatic rings. The van der Waals surface area contributed by atoms with Crippen LogP contribution in [0.5, 0.6) is 5.75 Å². The van der Waals surface area contributed by atoms with Gasteiger partial charge in [-0.3, -0.25) is 19.2 Å². The van der Waals surface area contributed by atoms with E-state index in [4.69, 9.17) is 14.7 Å². The largest absolute Gasteiger partial charge is 0.497 e. The summed E-state index contributed by atoms with van der Waals surface area (Å²) in [4.78, 5) is 38.8. The SMILES string of the molecule is COc1ccc(CN2C(=O)Cc3c(C)nc([C@H]4CCN(C(=O)c5ccnn5C)C4)nc32)cc1. The Morgan fingerprint density at radius 1 is 1.18 bits per heavy atom. The van der Waals surface area contributed by atoms with E-state index < -0.39 is 0 Å². The average molecular weight is 447 g/mol. The van der Waals surface area contributed by atoms with Crippen LogP contribution in [0.1, 0.15) is 45.5 Å². The number of methoxy groups -OCH3 is 1. The molecule has 33 heavy (non-hydrogen) atoms. The Morgan fingerprint density at radius 2 is 1.97 bits per heavy atom. The predicted octanol–water partition coefficient (Wildman–Crippen LogP) is 2.25. The molecule has 0 saturated carbocycles. The normalized spacial score (nSPS) is 17.5. The number of likely N-dealkylation sites (tertiary alicyclic amines) is 1. The summed E-state index contributed by atoms with van der Waals surface area (Å²) < 4.78 is 6.82. The molecule has 0 aliphatic carbocycles. The van der Waals surface area contributed by atoms with Crippen LogP contribution in [0.4, 0.5) is 5.82 Å². The summed E-state index contributed by atoms with van der Waals surface area (Å²) in [5.74, 6) is 2.18. The van der Waals surface area contributed by atoms with E-state index in [-0.39, 0.29) is 17.7 Å². The maximum Gasteiger partial charge on any atom is 0.272 e. The Morgan fingerprint density at radius 3 is 2.67 bits per heavy atom. The van der Waals surface area contributed by atoms with Crippen LogP contribution in [-0.4, -0.2) is 56.7 Å². The van der Waals surface area contributed by atoms with Gasteiger partial charge in [0.05, 0.1) is 20.1 Å². The molecular formula is C24H26N6O3. The van der Waals surface area contributed by atoms with Crippen molar-refractivity contribution in [3.8, 4) is 5.75 Å². The van der Waals surface area contributed by atoms with E-state index >= 15 is 0 Å². The first-order chi connectivity index (χ1) is 15.9. The minimum absolute atomic E-state index is 0.0230. The first-order valence-electron chi connectivity index (χ1n) is 11.0. The number of fused-ring (bicyclic) bond motifs is 1. The Balaban J connectivity index is 1.38. The number of hydrogen-bond donors (Lipinski definition) is 0. The highest BCUT2D eigenvalue weighted by Crippen LogP contribution is 2.34. The number of aryl methyl sites for hydroxylation is 2. The molecule has 0 N–H and O–H groups in total. The zero-order chi connectivity index (χ0) is 23.1. The predicted molar refractivity (Wildman–Crippen MR) is 121 cm³/mol. The van der Waals surface area contributed by atoms with Crippen LogP contribution < -0.4 is 9.64 Å². The van der Waals surface area contributed by atoms with Crippen LogP contribution in [0.15, 0.2) is 36.5 Å². The van der Waals surface area contributed by atoms with Crippen LogP contribution in [0.2, 0.25) is 0 Å². The van der Waals surface area contributed by atoms with Gasteiger partial charge in [0, 0.05) is 43.5 Å². The minimum Gasteiger partial charge on any atom is -0.497 e. The van der Waals surface area contributed by atoms with Crippen molar-refractivity contribution < 1.29 is 14.3 Å². The van der Waals surface area contributed by atoms with Crippen molar-refractivity contribution in [1.82, 2.24) is 24.6 Å². The minimum atomic E-state index is -0.0355. The number of carbonyl (C=O) groups is 2. The Labute approximate surface area is 192 Å².